The predicted octanol–water partition coefficient (Wildman–Crippen LogP) is 3.58. The van der Waals surface area contributed by atoms with E-state index in [4.69, 9.17) is 0 Å². The summed E-state index contributed by atoms with van der Waals surface area (Å²) in [4.78, 5) is 12.9. The van der Waals surface area contributed by atoms with Gasteiger partial charge >= 0.3 is 0 Å². The molecule has 2 nitrogen and oxygen atoms in total. The minimum atomic E-state index is -1.15. The number of aliphatic hydroxyl groups is 1. The van der Waals surface area contributed by atoms with Gasteiger partial charge in [0, 0.05) is 5.57 Å². The van der Waals surface area contributed by atoms with E-state index in [9.17, 15) is 9.90 Å². The Morgan fingerprint density at radius 2 is 1.48 bits per heavy atom. The molecule has 2 aromatic carbocycles. The minimum absolute atomic E-state index is 0.00472. The quantitative estimate of drug-likeness (QED) is 0.911. The number of rotatable bonds is 2. The van der Waals surface area contributed by atoms with Gasteiger partial charge in [0.15, 0.2) is 5.78 Å². The summed E-state index contributed by atoms with van der Waals surface area (Å²) in [7, 11) is 0. The van der Waals surface area contributed by atoms with Gasteiger partial charge in [-0.1, -0.05) is 60.7 Å². The Hall–Kier alpha value is -2.19. The van der Waals surface area contributed by atoms with E-state index in [1.54, 1.807) is 6.92 Å². The fraction of sp³-hybridized carbons (Fsp3) is 0.211. The molecule has 2 heteroatoms. The first-order chi connectivity index (χ1) is 10.0. The Labute approximate surface area is 124 Å². The summed E-state index contributed by atoms with van der Waals surface area (Å²) in [5, 5.41) is 10.9. The highest BCUT2D eigenvalue weighted by Crippen LogP contribution is 2.47. The van der Waals surface area contributed by atoms with Gasteiger partial charge in [0.1, 0.15) is 0 Å². The van der Waals surface area contributed by atoms with Crippen LogP contribution in [0.5, 0.6) is 0 Å². The van der Waals surface area contributed by atoms with E-state index in [1.165, 1.54) is 0 Å². The summed E-state index contributed by atoms with van der Waals surface area (Å²) in [6.45, 7) is 3.58. The maximum absolute atomic E-state index is 12.9. The lowest BCUT2D eigenvalue weighted by atomic mass is 9.82. The summed E-state index contributed by atoms with van der Waals surface area (Å²) in [6.07, 6.45) is 0. The normalized spacial score (nSPS) is 25.5. The van der Waals surface area contributed by atoms with Crippen LogP contribution in [-0.2, 0) is 4.79 Å². The van der Waals surface area contributed by atoms with Gasteiger partial charge in [0.25, 0.3) is 0 Å². The zero-order chi connectivity index (χ0) is 15.0. The van der Waals surface area contributed by atoms with Crippen molar-refractivity contribution in [3.63, 3.8) is 0 Å². The second-order valence-electron chi connectivity index (χ2n) is 5.72. The first-order valence-corrected chi connectivity index (χ1v) is 7.12. The zero-order valence-electron chi connectivity index (χ0n) is 12.2. The standard InChI is InChI=1S/C19H18O2/c1-13-16(14-9-5-3-6-10-14)18(20)17(19(13,2)21)15-11-7-4-8-12-15/h3-12,17,21H,1-2H3. The molecule has 2 atom stereocenters. The van der Waals surface area contributed by atoms with Crippen molar-refractivity contribution in [3.8, 4) is 0 Å². The Morgan fingerprint density at radius 1 is 0.952 bits per heavy atom. The number of carbonyl (C=O) groups excluding carboxylic acids is 1. The lowest BCUT2D eigenvalue weighted by Crippen LogP contribution is -2.32. The van der Waals surface area contributed by atoms with E-state index in [1.807, 2.05) is 67.6 Å². The molecule has 21 heavy (non-hydrogen) atoms. The zero-order valence-corrected chi connectivity index (χ0v) is 12.2. The maximum Gasteiger partial charge on any atom is 0.174 e. The largest absolute Gasteiger partial charge is 0.385 e. The summed E-state index contributed by atoms with van der Waals surface area (Å²) in [6, 6.07) is 19.1. The first kappa shape index (κ1) is 13.8. The van der Waals surface area contributed by atoms with Gasteiger partial charge in [-0.3, -0.25) is 4.79 Å². The van der Waals surface area contributed by atoms with Gasteiger partial charge in [-0.25, -0.2) is 0 Å². The molecule has 2 aromatic rings. The first-order valence-electron chi connectivity index (χ1n) is 7.12. The van der Waals surface area contributed by atoms with Crippen LogP contribution >= 0.6 is 0 Å². The van der Waals surface area contributed by atoms with Crippen LogP contribution in [0.1, 0.15) is 30.9 Å². The average molecular weight is 278 g/mol. The Morgan fingerprint density at radius 3 is 2.05 bits per heavy atom. The SMILES string of the molecule is CC1=C(c2ccccc2)C(=O)C(c2ccccc2)C1(C)O. The number of allylic oxidation sites excluding steroid dienone is 1. The van der Waals surface area contributed by atoms with E-state index in [2.05, 4.69) is 0 Å². The van der Waals surface area contributed by atoms with Gasteiger partial charge in [0.05, 0.1) is 11.5 Å². The third-order valence-corrected chi connectivity index (χ3v) is 4.40. The van der Waals surface area contributed by atoms with Gasteiger partial charge in [-0.15, -0.1) is 0 Å². The van der Waals surface area contributed by atoms with Crippen molar-refractivity contribution < 1.29 is 9.90 Å². The highest BCUT2D eigenvalue weighted by molar-refractivity contribution is 6.27. The number of hydrogen-bond donors (Lipinski definition) is 1. The average Bonchev–Trinajstić information content (AvgIpc) is 2.67. The second kappa shape index (κ2) is 4.97. The number of Topliss-reactive ketones (excluding diaryl/α,β-unsaturated/α-hetero) is 1. The fourth-order valence-corrected chi connectivity index (χ4v) is 3.14. The van der Waals surface area contributed by atoms with Gasteiger partial charge in [-0.05, 0) is 30.5 Å². The van der Waals surface area contributed by atoms with Crippen molar-refractivity contribution in [1.82, 2.24) is 0 Å². The molecule has 0 amide bonds. The molecule has 1 aliphatic carbocycles. The number of hydrogen-bond acceptors (Lipinski definition) is 2. The van der Waals surface area contributed by atoms with Crippen LogP contribution in [-0.4, -0.2) is 16.5 Å². The number of ketones is 1. The summed E-state index contributed by atoms with van der Waals surface area (Å²) >= 11 is 0. The monoisotopic (exact) mass is 278 g/mol. The van der Waals surface area contributed by atoms with Crippen LogP contribution in [0.3, 0.4) is 0 Å². The van der Waals surface area contributed by atoms with Crippen LogP contribution < -0.4 is 0 Å². The summed E-state index contributed by atoms with van der Waals surface area (Å²) in [5.41, 5.74) is 1.97. The van der Waals surface area contributed by atoms with Gasteiger partial charge in [0.2, 0.25) is 0 Å². The van der Waals surface area contributed by atoms with Crippen LogP contribution in [0.25, 0.3) is 5.57 Å². The highest BCUT2D eigenvalue weighted by Gasteiger charge is 2.48. The fourth-order valence-electron chi connectivity index (χ4n) is 3.14. The third kappa shape index (κ3) is 2.12. The molecule has 0 bridgehead atoms. The molecule has 1 N–H and O–H groups in total. The van der Waals surface area contributed by atoms with Crippen molar-refractivity contribution in [2.75, 3.05) is 0 Å². The van der Waals surface area contributed by atoms with Crippen molar-refractivity contribution in [2.45, 2.75) is 25.4 Å². The van der Waals surface area contributed by atoms with Crippen molar-refractivity contribution in [3.05, 3.63) is 77.4 Å². The molecule has 0 aromatic heterocycles. The van der Waals surface area contributed by atoms with Crippen LogP contribution in [0.2, 0.25) is 0 Å². The molecule has 0 spiro atoms. The molecule has 0 radical (unpaired) electrons. The summed E-state index contributed by atoms with van der Waals surface area (Å²) in [5.74, 6) is -0.538. The van der Waals surface area contributed by atoms with E-state index in [0.29, 0.717) is 5.57 Å². The molecule has 0 saturated heterocycles. The molecular formula is C19H18O2. The van der Waals surface area contributed by atoms with E-state index in [0.717, 1.165) is 16.7 Å². The van der Waals surface area contributed by atoms with E-state index in [-0.39, 0.29) is 5.78 Å². The predicted molar refractivity (Wildman–Crippen MR) is 83.8 cm³/mol. The Bertz CT molecular complexity index is 697. The number of benzene rings is 2. The number of carbonyl (C=O) groups is 1. The Kier molecular flexibility index (Phi) is 3.26. The molecule has 3 rings (SSSR count). The van der Waals surface area contributed by atoms with Gasteiger partial charge in [-0.2, -0.15) is 0 Å². The molecule has 0 heterocycles. The van der Waals surface area contributed by atoms with Crippen molar-refractivity contribution >= 4 is 11.4 Å². The molecule has 0 fully saturated rings. The molecular weight excluding hydrogens is 260 g/mol. The second-order valence-corrected chi connectivity index (χ2v) is 5.72. The molecule has 0 aliphatic heterocycles. The maximum atomic E-state index is 12.9. The smallest absolute Gasteiger partial charge is 0.174 e. The van der Waals surface area contributed by atoms with E-state index >= 15 is 0 Å². The third-order valence-electron chi connectivity index (χ3n) is 4.40. The topological polar surface area (TPSA) is 37.3 Å². The van der Waals surface area contributed by atoms with Gasteiger partial charge < -0.3 is 5.11 Å². The minimum Gasteiger partial charge on any atom is -0.385 e. The van der Waals surface area contributed by atoms with Crippen molar-refractivity contribution in [2.24, 2.45) is 0 Å². The molecule has 0 saturated carbocycles. The molecule has 106 valence electrons. The Balaban J connectivity index is 2.13. The van der Waals surface area contributed by atoms with Crippen molar-refractivity contribution in [1.29, 1.82) is 0 Å². The lowest BCUT2D eigenvalue weighted by Gasteiger charge is -2.26. The molecule has 2 unspecified atom stereocenters. The lowest BCUT2D eigenvalue weighted by molar-refractivity contribution is -0.117. The highest BCUT2D eigenvalue weighted by atomic mass is 16.3. The van der Waals surface area contributed by atoms with Crippen LogP contribution in [0.4, 0.5) is 0 Å². The summed E-state index contributed by atoms with van der Waals surface area (Å²) < 4.78 is 0. The van der Waals surface area contributed by atoms with Crippen LogP contribution in [0.15, 0.2) is 66.2 Å². The van der Waals surface area contributed by atoms with Crippen LogP contribution in [0, 0.1) is 0 Å². The molecule has 1 aliphatic rings. The van der Waals surface area contributed by atoms with E-state index < -0.39 is 11.5 Å².